The first-order chi connectivity index (χ1) is 14.2. The van der Waals surface area contributed by atoms with E-state index in [4.69, 9.17) is 4.74 Å². The van der Waals surface area contributed by atoms with Crippen LogP contribution >= 0.6 is 11.3 Å². The Labute approximate surface area is 176 Å². The molecule has 1 aromatic carbocycles. The summed E-state index contributed by atoms with van der Waals surface area (Å²) in [5.41, 5.74) is 0. The van der Waals surface area contributed by atoms with Crippen molar-refractivity contribution in [3.63, 3.8) is 0 Å². The number of hydrogen-bond donors (Lipinski definition) is 0. The molecule has 6 heteroatoms. The third-order valence-corrected chi connectivity index (χ3v) is 6.80. The largest absolute Gasteiger partial charge is 0.493 e. The number of carbonyl (C=O) groups excluding carboxylic acids is 2. The summed E-state index contributed by atoms with van der Waals surface area (Å²) < 4.78 is 5.89. The summed E-state index contributed by atoms with van der Waals surface area (Å²) in [5.74, 6) is 1.61. The van der Waals surface area contributed by atoms with Gasteiger partial charge in [-0.2, -0.15) is 0 Å². The number of para-hydroxylation sites is 1. The predicted molar refractivity (Wildman–Crippen MR) is 114 cm³/mol. The van der Waals surface area contributed by atoms with Crippen LogP contribution in [0.5, 0.6) is 5.75 Å². The molecule has 154 valence electrons. The SMILES string of the molecule is O=C(c1cccs1)N1CCCC(C(=O)N2CCC(COc3ccccc3)CC2)C1. The summed E-state index contributed by atoms with van der Waals surface area (Å²) in [4.78, 5) is 30.3. The fourth-order valence-corrected chi connectivity index (χ4v) is 4.92. The molecule has 2 fully saturated rings. The topological polar surface area (TPSA) is 49.9 Å². The molecule has 4 rings (SSSR count). The third-order valence-electron chi connectivity index (χ3n) is 5.94. The minimum atomic E-state index is -0.0650. The zero-order valence-corrected chi connectivity index (χ0v) is 17.5. The summed E-state index contributed by atoms with van der Waals surface area (Å²) in [7, 11) is 0. The Balaban J connectivity index is 1.25. The summed E-state index contributed by atoms with van der Waals surface area (Å²) >= 11 is 1.47. The van der Waals surface area contributed by atoms with E-state index in [0.29, 0.717) is 19.1 Å². The van der Waals surface area contributed by atoms with Crippen molar-refractivity contribution in [1.29, 1.82) is 0 Å². The van der Waals surface area contributed by atoms with Crippen LogP contribution in [0, 0.1) is 11.8 Å². The first kappa shape index (κ1) is 20.0. The van der Waals surface area contributed by atoms with Gasteiger partial charge in [0.2, 0.25) is 5.91 Å². The highest BCUT2D eigenvalue weighted by Gasteiger charge is 2.33. The van der Waals surface area contributed by atoms with Crippen LogP contribution in [-0.4, -0.2) is 54.4 Å². The number of likely N-dealkylation sites (tertiary alicyclic amines) is 2. The third kappa shape index (κ3) is 4.99. The second kappa shape index (κ2) is 9.44. The summed E-state index contributed by atoms with van der Waals surface area (Å²) in [6, 6.07) is 13.7. The van der Waals surface area contributed by atoms with Crippen LogP contribution in [-0.2, 0) is 4.79 Å². The van der Waals surface area contributed by atoms with Gasteiger partial charge in [-0.25, -0.2) is 0 Å². The standard InChI is InChI=1S/C23H28N2O3S/c26-22(19-6-4-12-25(16-19)23(27)21-9-5-15-29-21)24-13-10-18(11-14-24)17-28-20-7-2-1-3-8-20/h1-3,5,7-9,15,18-19H,4,6,10-14,16-17H2. The molecule has 3 heterocycles. The quantitative estimate of drug-likeness (QED) is 0.748. The zero-order chi connectivity index (χ0) is 20.1. The molecule has 0 saturated carbocycles. The number of hydrogen-bond acceptors (Lipinski definition) is 4. The average Bonchev–Trinajstić information content (AvgIpc) is 3.33. The number of nitrogens with zero attached hydrogens (tertiary/aromatic N) is 2. The lowest BCUT2D eigenvalue weighted by Gasteiger charge is -2.37. The van der Waals surface area contributed by atoms with Crippen LogP contribution in [0.3, 0.4) is 0 Å². The molecule has 2 saturated heterocycles. The maximum absolute atomic E-state index is 13.1. The molecule has 5 nitrogen and oxygen atoms in total. The van der Waals surface area contributed by atoms with Gasteiger partial charge in [-0.05, 0) is 55.2 Å². The van der Waals surface area contributed by atoms with Crippen LogP contribution in [0.2, 0.25) is 0 Å². The van der Waals surface area contributed by atoms with E-state index < -0.39 is 0 Å². The van der Waals surface area contributed by atoms with Gasteiger partial charge in [0, 0.05) is 26.2 Å². The number of amides is 2. The van der Waals surface area contributed by atoms with E-state index in [1.807, 2.05) is 57.6 Å². The van der Waals surface area contributed by atoms with E-state index in [2.05, 4.69) is 0 Å². The van der Waals surface area contributed by atoms with Gasteiger partial charge >= 0.3 is 0 Å². The molecule has 0 aliphatic carbocycles. The second-order valence-corrected chi connectivity index (χ2v) is 8.91. The molecule has 2 amide bonds. The van der Waals surface area contributed by atoms with Gasteiger partial charge in [0.1, 0.15) is 5.75 Å². The van der Waals surface area contributed by atoms with Gasteiger partial charge in [0.25, 0.3) is 5.91 Å². The summed E-state index contributed by atoms with van der Waals surface area (Å²) in [6.07, 6.45) is 3.73. The molecular formula is C23H28N2O3S. The average molecular weight is 413 g/mol. The summed E-state index contributed by atoms with van der Waals surface area (Å²) in [6.45, 7) is 3.58. The predicted octanol–water partition coefficient (Wildman–Crippen LogP) is 3.92. The Hall–Kier alpha value is -2.34. The first-order valence-electron chi connectivity index (χ1n) is 10.5. The van der Waals surface area contributed by atoms with E-state index in [-0.39, 0.29) is 17.7 Å². The van der Waals surface area contributed by atoms with Gasteiger partial charge in [-0.15, -0.1) is 11.3 Å². The van der Waals surface area contributed by atoms with Crippen molar-refractivity contribution in [2.75, 3.05) is 32.8 Å². The number of ether oxygens (including phenoxy) is 1. The van der Waals surface area contributed by atoms with Crippen molar-refractivity contribution < 1.29 is 14.3 Å². The molecular weight excluding hydrogens is 384 g/mol. The maximum Gasteiger partial charge on any atom is 0.263 e. The van der Waals surface area contributed by atoms with Crippen molar-refractivity contribution in [3.05, 3.63) is 52.7 Å². The van der Waals surface area contributed by atoms with Crippen molar-refractivity contribution in [2.24, 2.45) is 11.8 Å². The van der Waals surface area contributed by atoms with Crippen molar-refractivity contribution in [2.45, 2.75) is 25.7 Å². The Morgan fingerprint density at radius 3 is 2.48 bits per heavy atom. The number of benzene rings is 1. The number of rotatable bonds is 5. The monoisotopic (exact) mass is 412 g/mol. The Bertz CT molecular complexity index is 801. The minimum absolute atomic E-state index is 0.0641. The first-order valence-corrected chi connectivity index (χ1v) is 11.4. The van der Waals surface area contributed by atoms with E-state index in [1.165, 1.54) is 11.3 Å². The van der Waals surface area contributed by atoms with Crippen molar-refractivity contribution in [3.8, 4) is 5.75 Å². The van der Waals surface area contributed by atoms with Gasteiger partial charge in [-0.3, -0.25) is 9.59 Å². The molecule has 0 N–H and O–H groups in total. The van der Waals surface area contributed by atoms with E-state index in [0.717, 1.165) is 55.9 Å². The Morgan fingerprint density at radius 2 is 1.76 bits per heavy atom. The van der Waals surface area contributed by atoms with E-state index >= 15 is 0 Å². The van der Waals surface area contributed by atoms with Crippen LogP contribution in [0.15, 0.2) is 47.8 Å². The van der Waals surface area contributed by atoms with Crippen LogP contribution in [0.4, 0.5) is 0 Å². The molecule has 1 atom stereocenters. The highest BCUT2D eigenvalue weighted by atomic mass is 32.1. The zero-order valence-electron chi connectivity index (χ0n) is 16.7. The molecule has 0 spiro atoms. The number of thiophene rings is 1. The smallest absolute Gasteiger partial charge is 0.263 e. The molecule has 1 unspecified atom stereocenters. The fraction of sp³-hybridized carbons (Fsp3) is 0.478. The van der Waals surface area contributed by atoms with E-state index in [1.54, 1.807) is 0 Å². The highest BCUT2D eigenvalue weighted by molar-refractivity contribution is 7.12. The molecule has 0 radical (unpaired) electrons. The van der Waals surface area contributed by atoms with Gasteiger partial charge < -0.3 is 14.5 Å². The fourth-order valence-electron chi connectivity index (χ4n) is 4.23. The van der Waals surface area contributed by atoms with Gasteiger partial charge in [-0.1, -0.05) is 24.3 Å². The molecule has 2 aliphatic heterocycles. The van der Waals surface area contributed by atoms with Gasteiger partial charge in [0.05, 0.1) is 17.4 Å². The molecule has 2 aliphatic rings. The second-order valence-electron chi connectivity index (χ2n) is 7.96. The Kier molecular flexibility index (Phi) is 6.49. The molecule has 29 heavy (non-hydrogen) atoms. The minimum Gasteiger partial charge on any atom is -0.493 e. The molecule has 2 aromatic rings. The number of carbonyl (C=O) groups is 2. The van der Waals surface area contributed by atoms with E-state index in [9.17, 15) is 9.59 Å². The van der Waals surface area contributed by atoms with Crippen molar-refractivity contribution in [1.82, 2.24) is 9.80 Å². The van der Waals surface area contributed by atoms with Crippen molar-refractivity contribution >= 4 is 23.2 Å². The summed E-state index contributed by atoms with van der Waals surface area (Å²) in [5, 5.41) is 1.92. The maximum atomic E-state index is 13.1. The lowest BCUT2D eigenvalue weighted by Crippen LogP contribution is -2.48. The van der Waals surface area contributed by atoms with Gasteiger partial charge in [0.15, 0.2) is 0 Å². The Morgan fingerprint density at radius 1 is 0.966 bits per heavy atom. The van der Waals surface area contributed by atoms with Crippen LogP contribution in [0.25, 0.3) is 0 Å². The lowest BCUT2D eigenvalue weighted by molar-refractivity contribution is -0.138. The normalized spacial score (nSPS) is 20.5. The molecule has 0 bridgehead atoms. The highest BCUT2D eigenvalue weighted by Crippen LogP contribution is 2.25. The number of piperidine rings is 2. The van der Waals surface area contributed by atoms with Crippen LogP contribution in [0.1, 0.15) is 35.4 Å². The van der Waals surface area contributed by atoms with Crippen LogP contribution < -0.4 is 4.74 Å². The molecule has 1 aromatic heterocycles. The lowest BCUT2D eigenvalue weighted by atomic mass is 9.93.